The van der Waals surface area contributed by atoms with Gasteiger partial charge in [-0.05, 0) is 22.4 Å². The van der Waals surface area contributed by atoms with Crippen LogP contribution in [0, 0.1) is 0 Å². The fraction of sp³-hybridized carbons (Fsp3) is 0.500. The molecule has 1 aromatic rings. The van der Waals surface area contributed by atoms with E-state index in [1.807, 2.05) is 7.05 Å². The molecule has 1 N–H and O–H groups in total. The summed E-state index contributed by atoms with van der Waals surface area (Å²) in [7, 11) is 1.85. The molecule has 0 fully saturated rings. The molecule has 0 aromatic carbocycles. The van der Waals surface area contributed by atoms with Crippen LogP contribution in [0.4, 0.5) is 5.82 Å². The molecular weight excluding hydrogens is 218 g/mol. The topological polar surface area (TPSA) is 37.8 Å². The van der Waals surface area contributed by atoms with E-state index in [1.54, 1.807) is 6.20 Å². The van der Waals surface area contributed by atoms with Gasteiger partial charge in [-0.1, -0.05) is 6.92 Å². The average molecular weight is 230 g/mol. The molecule has 0 saturated heterocycles. The van der Waals surface area contributed by atoms with Crippen LogP contribution in [0.1, 0.15) is 19.2 Å². The molecule has 12 heavy (non-hydrogen) atoms. The van der Waals surface area contributed by atoms with Gasteiger partial charge in [0.1, 0.15) is 11.6 Å². The molecule has 1 aromatic heterocycles. The van der Waals surface area contributed by atoms with Gasteiger partial charge in [-0.15, -0.1) is 0 Å². The van der Waals surface area contributed by atoms with E-state index in [4.69, 9.17) is 0 Å². The summed E-state index contributed by atoms with van der Waals surface area (Å²) < 4.78 is 0.907. The van der Waals surface area contributed by atoms with Crippen molar-refractivity contribution in [2.45, 2.75) is 19.8 Å². The monoisotopic (exact) mass is 229 g/mol. The lowest BCUT2D eigenvalue weighted by molar-refractivity contribution is 0.834. The number of aromatic nitrogens is 2. The van der Waals surface area contributed by atoms with Crippen LogP contribution in [0.3, 0.4) is 0 Å². The number of nitrogens with one attached hydrogen (secondary N) is 1. The summed E-state index contributed by atoms with van der Waals surface area (Å²) in [6.45, 7) is 2.12. The molecule has 0 atom stereocenters. The predicted molar refractivity (Wildman–Crippen MR) is 53.3 cm³/mol. The number of nitrogens with zero attached hydrogens (tertiary/aromatic N) is 2. The average Bonchev–Trinajstić information content (AvgIpc) is 2.09. The quantitative estimate of drug-likeness (QED) is 0.865. The molecule has 0 aliphatic rings. The van der Waals surface area contributed by atoms with Crippen LogP contribution < -0.4 is 5.32 Å². The third-order valence-corrected chi connectivity index (χ3v) is 2.08. The van der Waals surface area contributed by atoms with Crippen molar-refractivity contribution in [1.82, 2.24) is 9.97 Å². The third kappa shape index (κ3) is 2.17. The van der Waals surface area contributed by atoms with Gasteiger partial charge >= 0.3 is 0 Å². The summed E-state index contributed by atoms with van der Waals surface area (Å²) >= 11 is 3.35. The molecule has 0 radical (unpaired) electrons. The van der Waals surface area contributed by atoms with Gasteiger partial charge < -0.3 is 5.32 Å². The van der Waals surface area contributed by atoms with E-state index < -0.39 is 0 Å². The van der Waals surface area contributed by atoms with Crippen molar-refractivity contribution < 1.29 is 0 Å². The molecule has 0 unspecified atom stereocenters. The first-order valence-electron chi connectivity index (χ1n) is 3.97. The summed E-state index contributed by atoms with van der Waals surface area (Å²) in [5.41, 5.74) is 0. The number of halogens is 1. The molecule has 1 rings (SSSR count). The summed E-state index contributed by atoms with van der Waals surface area (Å²) in [4.78, 5) is 8.49. The SMILES string of the molecule is CCCc1ncc(Br)c(NC)n1. The summed E-state index contributed by atoms with van der Waals surface area (Å²) in [6.07, 6.45) is 3.79. The highest BCUT2D eigenvalue weighted by molar-refractivity contribution is 9.10. The second kappa shape index (κ2) is 4.40. The van der Waals surface area contributed by atoms with Crippen molar-refractivity contribution in [2.75, 3.05) is 12.4 Å². The number of hydrogen-bond acceptors (Lipinski definition) is 3. The van der Waals surface area contributed by atoms with E-state index in [9.17, 15) is 0 Å². The molecule has 0 spiro atoms. The van der Waals surface area contributed by atoms with Gasteiger partial charge in [0.2, 0.25) is 0 Å². The molecule has 0 aliphatic carbocycles. The Labute approximate surface area is 80.7 Å². The van der Waals surface area contributed by atoms with E-state index >= 15 is 0 Å². The lowest BCUT2D eigenvalue weighted by Crippen LogP contribution is -2.00. The molecule has 3 nitrogen and oxygen atoms in total. The second-order valence-electron chi connectivity index (χ2n) is 2.48. The summed E-state index contributed by atoms with van der Waals surface area (Å²) in [6, 6.07) is 0. The van der Waals surface area contributed by atoms with Crippen LogP contribution in [0.5, 0.6) is 0 Å². The maximum atomic E-state index is 4.31. The molecule has 0 saturated carbocycles. The number of anilines is 1. The minimum Gasteiger partial charge on any atom is -0.372 e. The van der Waals surface area contributed by atoms with Gasteiger partial charge in [-0.2, -0.15) is 0 Å². The van der Waals surface area contributed by atoms with Gasteiger partial charge in [0.25, 0.3) is 0 Å². The van der Waals surface area contributed by atoms with Gasteiger partial charge in [0.05, 0.1) is 4.47 Å². The Morgan fingerprint density at radius 3 is 2.92 bits per heavy atom. The smallest absolute Gasteiger partial charge is 0.143 e. The highest BCUT2D eigenvalue weighted by Crippen LogP contribution is 2.17. The Morgan fingerprint density at radius 2 is 2.33 bits per heavy atom. The minimum atomic E-state index is 0.855. The molecule has 66 valence electrons. The van der Waals surface area contributed by atoms with Gasteiger partial charge in [-0.25, -0.2) is 9.97 Å². The first-order valence-corrected chi connectivity index (χ1v) is 4.76. The van der Waals surface area contributed by atoms with Crippen molar-refractivity contribution >= 4 is 21.7 Å². The predicted octanol–water partition coefficient (Wildman–Crippen LogP) is 2.23. The maximum Gasteiger partial charge on any atom is 0.143 e. The van der Waals surface area contributed by atoms with Crippen LogP contribution in [0.2, 0.25) is 0 Å². The van der Waals surface area contributed by atoms with Crippen LogP contribution in [-0.4, -0.2) is 17.0 Å². The van der Waals surface area contributed by atoms with E-state index in [1.165, 1.54) is 0 Å². The van der Waals surface area contributed by atoms with Gasteiger partial charge in [0, 0.05) is 19.7 Å². The van der Waals surface area contributed by atoms with Gasteiger partial charge in [-0.3, -0.25) is 0 Å². The standard InChI is InChI=1S/C8H12BrN3/c1-3-4-7-11-5-6(9)8(10-2)12-7/h5H,3-4H2,1-2H3,(H,10,11,12). The number of rotatable bonds is 3. The summed E-state index contributed by atoms with van der Waals surface area (Å²) in [5, 5.41) is 3.00. The Morgan fingerprint density at radius 1 is 1.58 bits per heavy atom. The van der Waals surface area contributed by atoms with Crippen LogP contribution in [0.25, 0.3) is 0 Å². The largest absolute Gasteiger partial charge is 0.372 e. The van der Waals surface area contributed by atoms with E-state index in [2.05, 4.69) is 38.1 Å². The van der Waals surface area contributed by atoms with Crippen molar-refractivity contribution in [3.05, 3.63) is 16.5 Å². The second-order valence-corrected chi connectivity index (χ2v) is 3.34. The zero-order valence-electron chi connectivity index (χ0n) is 7.26. The molecule has 0 bridgehead atoms. The molecule has 4 heteroatoms. The Hall–Kier alpha value is -0.640. The normalized spacial score (nSPS) is 9.92. The first kappa shape index (κ1) is 9.45. The van der Waals surface area contributed by atoms with Crippen molar-refractivity contribution in [1.29, 1.82) is 0 Å². The fourth-order valence-corrected chi connectivity index (χ4v) is 1.31. The number of hydrogen-bond donors (Lipinski definition) is 1. The van der Waals surface area contributed by atoms with E-state index in [-0.39, 0.29) is 0 Å². The molecule has 0 aliphatic heterocycles. The molecular formula is C8H12BrN3. The van der Waals surface area contributed by atoms with Crippen molar-refractivity contribution in [3.63, 3.8) is 0 Å². The Balaban J connectivity index is 2.89. The lowest BCUT2D eigenvalue weighted by atomic mass is 10.3. The zero-order valence-corrected chi connectivity index (χ0v) is 8.85. The Bertz CT molecular complexity index is 262. The highest BCUT2D eigenvalue weighted by atomic mass is 79.9. The zero-order chi connectivity index (χ0) is 8.97. The Kier molecular flexibility index (Phi) is 3.47. The van der Waals surface area contributed by atoms with E-state index in [0.717, 1.165) is 29.0 Å². The minimum absolute atomic E-state index is 0.855. The third-order valence-electron chi connectivity index (χ3n) is 1.50. The fourth-order valence-electron chi connectivity index (χ4n) is 0.923. The van der Waals surface area contributed by atoms with E-state index in [0.29, 0.717) is 0 Å². The van der Waals surface area contributed by atoms with Crippen molar-refractivity contribution in [3.8, 4) is 0 Å². The molecule has 1 heterocycles. The lowest BCUT2D eigenvalue weighted by Gasteiger charge is -2.03. The van der Waals surface area contributed by atoms with Crippen LogP contribution >= 0.6 is 15.9 Å². The molecule has 0 amide bonds. The highest BCUT2D eigenvalue weighted by Gasteiger charge is 2.01. The number of aryl methyl sites for hydroxylation is 1. The summed E-state index contributed by atoms with van der Waals surface area (Å²) in [5.74, 6) is 1.75. The van der Waals surface area contributed by atoms with Gasteiger partial charge in [0.15, 0.2) is 0 Å². The first-order chi connectivity index (χ1) is 5.77. The maximum absolute atomic E-state index is 4.31. The van der Waals surface area contributed by atoms with Crippen LogP contribution in [-0.2, 0) is 6.42 Å². The van der Waals surface area contributed by atoms with Crippen LogP contribution in [0.15, 0.2) is 10.7 Å². The van der Waals surface area contributed by atoms with Crippen molar-refractivity contribution in [2.24, 2.45) is 0 Å².